The van der Waals surface area contributed by atoms with E-state index in [1.54, 1.807) is 0 Å². The molecule has 0 heterocycles. The first-order chi connectivity index (χ1) is 36.0. The first-order valence-corrected chi connectivity index (χ1v) is 32.8. The Morgan fingerprint density at radius 3 is 0.781 bits per heavy atom. The summed E-state index contributed by atoms with van der Waals surface area (Å²) >= 11 is 0. The molecule has 6 heteroatoms. The number of carbonyl (C=O) groups is 3. The number of hydrogen-bond donors (Lipinski definition) is 0. The standard InChI is InChI=1S/C67H126O6/c1-4-7-10-13-16-19-22-25-28-31-33-36-39-42-45-48-51-54-57-60-66(69)72-63-64(62-71-65(68)59-56-53-50-47-44-41-38-35-30-27-24-21-18-15-12-9-6-3)73-67(70)61-58-55-52-49-46-43-40-37-34-32-29-26-23-20-17-14-11-8-5-2/h16,19,25,28,64H,4-15,17-18,20-24,26-27,29-63H2,1-3H3/b19-16-,28-25-/t64-/m1/s1. The molecule has 6 nitrogen and oxygen atoms in total. The zero-order chi connectivity index (χ0) is 52.9. The van der Waals surface area contributed by atoms with Crippen LogP contribution in [0.3, 0.4) is 0 Å². The third kappa shape index (κ3) is 60.6. The normalized spacial score (nSPS) is 12.1. The maximum Gasteiger partial charge on any atom is 0.306 e. The Labute approximate surface area is 455 Å². The number of hydrogen-bond acceptors (Lipinski definition) is 6. The lowest BCUT2D eigenvalue weighted by Gasteiger charge is -2.18. The van der Waals surface area contributed by atoms with Crippen molar-refractivity contribution in [1.29, 1.82) is 0 Å². The van der Waals surface area contributed by atoms with Crippen molar-refractivity contribution >= 4 is 17.9 Å². The summed E-state index contributed by atoms with van der Waals surface area (Å²) in [5.41, 5.74) is 0. The highest BCUT2D eigenvalue weighted by Gasteiger charge is 2.19. The van der Waals surface area contributed by atoms with E-state index >= 15 is 0 Å². The molecular weight excluding hydrogens is 901 g/mol. The Kier molecular flexibility index (Phi) is 60.6. The molecule has 0 aliphatic carbocycles. The van der Waals surface area contributed by atoms with Crippen LogP contribution in [0.4, 0.5) is 0 Å². The molecule has 0 fully saturated rings. The predicted molar refractivity (Wildman–Crippen MR) is 316 cm³/mol. The quantitative estimate of drug-likeness (QED) is 0.0261. The highest BCUT2D eigenvalue weighted by Crippen LogP contribution is 2.18. The van der Waals surface area contributed by atoms with Crippen LogP contribution in [0.1, 0.15) is 367 Å². The minimum atomic E-state index is -0.769. The van der Waals surface area contributed by atoms with E-state index in [4.69, 9.17) is 14.2 Å². The van der Waals surface area contributed by atoms with E-state index < -0.39 is 6.10 Å². The molecule has 0 aromatic carbocycles. The molecule has 0 aromatic heterocycles. The summed E-state index contributed by atoms with van der Waals surface area (Å²) in [7, 11) is 0. The van der Waals surface area contributed by atoms with E-state index in [1.165, 1.54) is 263 Å². The summed E-state index contributed by atoms with van der Waals surface area (Å²) in [6, 6.07) is 0. The summed E-state index contributed by atoms with van der Waals surface area (Å²) in [6.07, 6.45) is 74.6. The van der Waals surface area contributed by atoms with E-state index in [9.17, 15) is 14.4 Å². The lowest BCUT2D eigenvalue weighted by Crippen LogP contribution is -2.30. The molecule has 0 aliphatic rings. The van der Waals surface area contributed by atoms with Crippen LogP contribution in [0.25, 0.3) is 0 Å². The SMILES string of the molecule is CCCCC/C=C\C/C=C\CCCCCCCCCCCC(=O)OC[C@@H](COC(=O)CCCCCCCCCCCCCCCCCCC)OC(=O)CCCCCCCCCCCCCCCCCCCCC. The summed E-state index contributed by atoms with van der Waals surface area (Å²) in [5, 5.41) is 0. The fraction of sp³-hybridized carbons (Fsp3) is 0.896. The maximum atomic E-state index is 12.9. The molecule has 0 spiro atoms. The summed E-state index contributed by atoms with van der Waals surface area (Å²) in [4.78, 5) is 38.4. The van der Waals surface area contributed by atoms with Crippen molar-refractivity contribution in [2.24, 2.45) is 0 Å². The van der Waals surface area contributed by atoms with Crippen LogP contribution in [0.5, 0.6) is 0 Å². The minimum absolute atomic E-state index is 0.0659. The largest absolute Gasteiger partial charge is 0.462 e. The molecule has 0 radical (unpaired) electrons. The van der Waals surface area contributed by atoms with Gasteiger partial charge in [-0.1, -0.05) is 321 Å². The van der Waals surface area contributed by atoms with E-state index in [1.807, 2.05) is 0 Å². The predicted octanol–water partition coefficient (Wildman–Crippen LogP) is 22.2. The zero-order valence-corrected chi connectivity index (χ0v) is 49.4. The molecule has 0 unspecified atom stereocenters. The number of esters is 3. The average molecular weight is 1030 g/mol. The molecule has 0 N–H and O–H groups in total. The van der Waals surface area contributed by atoms with Gasteiger partial charge in [0.2, 0.25) is 0 Å². The molecule has 73 heavy (non-hydrogen) atoms. The number of ether oxygens (including phenoxy) is 3. The van der Waals surface area contributed by atoms with Crippen molar-refractivity contribution in [3.63, 3.8) is 0 Å². The summed E-state index contributed by atoms with van der Waals surface area (Å²) in [5.74, 6) is -0.839. The number of carbonyl (C=O) groups excluding carboxylic acids is 3. The number of allylic oxidation sites excluding steroid dienone is 4. The molecule has 0 rings (SSSR count). The second kappa shape index (κ2) is 62.4. The van der Waals surface area contributed by atoms with E-state index in [0.717, 1.165) is 64.2 Å². The van der Waals surface area contributed by atoms with Gasteiger partial charge in [0.05, 0.1) is 0 Å². The van der Waals surface area contributed by atoms with Crippen molar-refractivity contribution < 1.29 is 28.6 Å². The van der Waals surface area contributed by atoms with Gasteiger partial charge in [-0.2, -0.15) is 0 Å². The Balaban J connectivity index is 4.31. The minimum Gasteiger partial charge on any atom is -0.462 e. The van der Waals surface area contributed by atoms with Gasteiger partial charge in [-0.3, -0.25) is 14.4 Å². The van der Waals surface area contributed by atoms with Crippen LogP contribution < -0.4 is 0 Å². The van der Waals surface area contributed by atoms with Crippen molar-refractivity contribution in [3.8, 4) is 0 Å². The monoisotopic (exact) mass is 1030 g/mol. The Bertz CT molecular complexity index is 1180. The summed E-state index contributed by atoms with van der Waals surface area (Å²) < 4.78 is 17.0. The van der Waals surface area contributed by atoms with Gasteiger partial charge < -0.3 is 14.2 Å². The van der Waals surface area contributed by atoms with Crippen LogP contribution in [0.2, 0.25) is 0 Å². The van der Waals surface area contributed by atoms with Crippen molar-refractivity contribution in [1.82, 2.24) is 0 Å². The first-order valence-electron chi connectivity index (χ1n) is 32.8. The Hall–Kier alpha value is -2.11. The molecule has 430 valence electrons. The van der Waals surface area contributed by atoms with Gasteiger partial charge in [0, 0.05) is 19.3 Å². The van der Waals surface area contributed by atoms with E-state index in [0.29, 0.717) is 19.3 Å². The van der Waals surface area contributed by atoms with Crippen LogP contribution in [0, 0.1) is 0 Å². The fourth-order valence-electron chi connectivity index (χ4n) is 10.0. The zero-order valence-electron chi connectivity index (χ0n) is 49.4. The number of unbranched alkanes of at least 4 members (excludes halogenated alkanes) is 46. The van der Waals surface area contributed by atoms with E-state index in [-0.39, 0.29) is 31.1 Å². The van der Waals surface area contributed by atoms with Gasteiger partial charge in [0.25, 0.3) is 0 Å². The van der Waals surface area contributed by atoms with Crippen LogP contribution in [-0.2, 0) is 28.6 Å². The Morgan fingerprint density at radius 2 is 0.493 bits per heavy atom. The average Bonchev–Trinajstić information content (AvgIpc) is 3.39. The van der Waals surface area contributed by atoms with E-state index in [2.05, 4.69) is 45.1 Å². The van der Waals surface area contributed by atoms with Gasteiger partial charge in [-0.15, -0.1) is 0 Å². The van der Waals surface area contributed by atoms with Gasteiger partial charge in [-0.05, 0) is 51.4 Å². The molecule has 0 aliphatic heterocycles. The lowest BCUT2D eigenvalue weighted by molar-refractivity contribution is -0.167. The lowest BCUT2D eigenvalue weighted by atomic mass is 10.0. The van der Waals surface area contributed by atoms with Gasteiger partial charge in [0.1, 0.15) is 13.2 Å². The molecule has 0 aromatic rings. The fourth-order valence-corrected chi connectivity index (χ4v) is 10.0. The molecule has 0 saturated carbocycles. The summed E-state index contributed by atoms with van der Waals surface area (Å²) in [6.45, 7) is 6.69. The Morgan fingerprint density at radius 1 is 0.274 bits per heavy atom. The topological polar surface area (TPSA) is 78.9 Å². The first kappa shape index (κ1) is 70.9. The highest BCUT2D eigenvalue weighted by molar-refractivity contribution is 5.71. The maximum absolute atomic E-state index is 12.9. The second-order valence-corrected chi connectivity index (χ2v) is 22.4. The van der Waals surface area contributed by atoms with Gasteiger partial charge in [-0.25, -0.2) is 0 Å². The second-order valence-electron chi connectivity index (χ2n) is 22.4. The van der Waals surface area contributed by atoms with Crippen molar-refractivity contribution in [2.75, 3.05) is 13.2 Å². The smallest absolute Gasteiger partial charge is 0.306 e. The van der Waals surface area contributed by atoms with Crippen LogP contribution in [-0.4, -0.2) is 37.2 Å². The van der Waals surface area contributed by atoms with Gasteiger partial charge in [0.15, 0.2) is 6.10 Å². The molecule has 0 amide bonds. The van der Waals surface area contributed by atoms with Crippen molar-refractivity contribution in [2.45, 2.75) is 374 Å². The molecular formula is C67H126O6. The molecule has 0 saturated heterocycles. The van der Waals surface area contributed by atoms with Crippen LogP contribution in [0.15, 0.2) is 24.3 Å². The van der Waals surface area contributed by atoms with Crippen molar-refractivity contribution in [3.05, 3.63) is 24.3 Å². The third-order valence-electron chi connectivity index (χ3n) is 15.0. The number of rotatable bonds is 61. The van der Waals surface area contributed by atoms with Gasteiger partial charge >= 0.3 is 17.9 Å². The van der Waals surface area contributed by atoms with Crippen LogP contribution >= 0.6 is 0 Å². The highest BCUT2D eigenvalue weighted by atomic mass is 16.6. The molecule has 0 bridgehead atoms. The third-order valence-corrected chi connectivity index (χ3v) is 15.0. The molecule has 1 atom stereocenters.